The molecule has 0 radical (unpaired) electrons. The molecule has 2 aromatic rings. The van der Waals surface area contributed by atoms with Gasteiger partial charge >= 0.3 is 0 Å². The maximum atomic E-state index is 10.0. The van der Waals surface area contributed by atoms with E-state index in [1.165, 1.54) is 0 Å². The maximum absolute atomic E-state index is 10.0. The van der Waals surface area contributed by atoms with Crippen LogP contribution in [-0.2, 0) is 41.6 Å². The van der Waals surface area contributed by atoms with E-state index in [0.29, 0.717) is 13.2 Å². The molecule has 7 nitrogen and oxygen atoms in total. The van der Waals surface area contributed by atoms with Crippen molar-refractivity contribution in [2.45, 2.75) is 64.7 Å². The van der Waals surface area contributed by atoms with Crippen LogP contribution in [0.1, 0.15) is 31.9 Å². The highest BCUT2D eigenvalue weighted by molar-refractivity contribution is 5.16. The van der Waals surface area contributed by atoms with Crippen LogP contribution in [-0.4, -0.2) is 63.4 Å². The smallest absolute Gasteiger partial charge is 0.162 e. The quantitative estimate of drug-likeness (QED) is 0.272. The Labute approximate surface area is 221 Å². The first-order chi connectivity index (χ1) is 18.0. The SMILES string of the molecule is COCO[C@H](/C(C)=C/[C@@H](C)[C@@H](CO)OCc1ccccc1)[C@H]1O[C@H](OC)[C@@H](C)[C@@H]1OCc1ccccc1. The molecule has 0 saturated carbocycles. The van der Waals surface area contributed by atoms with Crippen molar-refractivity contribution in [2.24, 2.45) is 11.8 Å². The van der Waals surface area contributed by atoms with Crippen LogP contribution in [0.15, 0.2) is 72.3 Å². The summed E-state index contributed by atoms with van der Waals surface area (Å²) in [5, 5.41) is 10.0. The minimum absolute atomic E-state index is 0.00280. The Bertz CT molecular complexity index is 920. The van der Waals surface area contributed by atoms with Crippen molar-refractivity contribution in [1.82, 2.24) is 0 Å². The Hall–Kier alpha value is -2.10. The topological polar surface area (TPSA) is 75.6 Å². The first-order valence-corrected chi connectivity index (χ1v) is 12.9. The fourth-order valence-electron chi connectivity index (χ4n) is 4.73. The molecule has 204 valence electrons. The van der Waals surface area contributed by atoms with E-state index in [1.807, 2.05) is 74.5 Å². The van der Waals surface area contributed by atoms with Gasteiger partial charge in [0.1, 0.15) is 19.0 Å². The Balaban J connectivity index is 1.75. The molecule has 37 heavy (non-hydrogen) atoms. The van der Waals surface area contributed by atoms with Crippen molar-refractivity contribution in [1.29, 1.82) is 0 Å². The Morgan fingerprint density at radius 1 is 0.973 bits per heavy atom. The molecule has 1 aliphatic rings. The van der Waals surface area contributed by atoms with E-state index in [2.05, 4.69) is 13.0 Å². The van der Waals surface area contributed by atoms with Crippen LogP contribution in [0.5, 0.6) is 0 Å². The van der Waals surface area contributed by atoms with Crippen LogP contribution < -0.4 is 0 Å². The fraction of sp³-hybridized carbons (Fsp3) is 0.533. The molecular formula is C30H42O7. The van der Waals surface area contributed by atoms with Crippen molar-refractivity contribution in [3.8, 4) is 0 Å². The third-order valence-electron chi connectivity index (χ3n) is 6.79. The van der Waals surface area contributed by atoms with Crippen molar-refractivity contribution in [3.63, 3.8) is 0 Å². The van der Waals surface area contributed by atoms with Gasteiger partial charge in [-0.3, -0.25) is 0 Å². The zero-order valence-corrected chi connectivity index (χ0v) is 22.6. The van der Waals surface area contributed by atoms with Crippen LogP contribution in [0, 0.1) is 11.8 Å². The summed E-state index contributed by atoms with van der Waals surface area (Å²) in [7, 11) is 3.24. The summed E-state index contributed by atoms with van der Waals surface area (Å²) in [4.78, 5) is 0. The summed E-state index contributed by atoms with van der Waals surface area (Å²) in [5.74, 6) is -0.0694. The van der Waals surface area contributed by atoms with Gasteiger partial charge in [-0.15, -0.1) is 0 Å². The van der Waals surface area contributed by atoms with Crippen LogP contribution in [0.2, 0.25) is 0 Å². The van der Waals surface area contributed by atoms with Gasteiger partial charge in [0, 0.05) is 26.1 Å². The number of hydrogen-bond donors (Lipinski definition) is 1. The van der Waals surface area contributed by atoms with E-state index < -0.39 is 18.5 Å². The van der Waals surface area contributed by atoms with E-state index in [9.17, 15) is 5.11 Å². The molecule has 1 heterocycles. The molecule has 0 bridgehead atoms. The molecule has 0 aliphatic carbocycles. The molecule has 7 heteroatoms. The summed E-state index contributed by atoms with van der Waals surface area (Å²) in [6.45, 7) is 7.01. The number of methoxy groups -OCH3 is 2. The number of aliphatic hydroxyl groups is 1. The van der Waals surface area contributed by atoms with Crippen molar-refractivity contribution in [2.75, 3.05) is 27.6 Å². The number of aliphatic hydroxyl groups excluding tert-OH is 1. The average molecular weight is 515 g/mol. The van der Waals surface area contributed by atoms with Gasteiger partial charge in [-0.05, 0) is 23.6 Å². The van der Waals surface area contributed by atoms with E-state index in [-0.39, 0.29) is 37.4 Å². The molecule has 1 N–H and O–H groups in total. The molecule has 2 aromatic carbocycles. The summed E-state index contributed by atoms with van der Waals surface area (Å²) >= 11 is 0. The fourth-order valence-corrected chi connectivity index (χ4v) is 4.73. The van der Waals surface area contributed by atoms with Gasteiger partial charge in [-0.1, -0.05) is 80.6 Å². The van der Waals surface area contributed by atoms with Gasteiger partial charge in [-0.25, -0.2) is 0 Å². The van der Waals surface area contributed by atoms with E-state index >= 15 is 0 Å². The summed E-state index contributed by atoms with van der Waals surface area (Å²) in [6.07, 6.45) is 0.213. The van der Waals surface area contributed by atoms with Gasteiger partial charge in [0.2, 0.25) is 0 Å². The van der Waals surface area contributed by atoms with E-state index in [4.69, 9.17) is 28.4 Å². The van der Waals surface area contributed by atoms with Gasteiger partial charge in [0.25, 0.3) is 0 Å². The van der Waals surface area contributed by atoms with Crippen LogP contribution in [0.25, 0.3) is 0 Å². The molecule has 1 fully saturated rings. The summed E-state index contributed by atoms with van der Waals surface area (Å²) < 4.78 is 35.8. The number of ether oxygens (including phenoxy) is 6. The van der Waals surface area contributed by atoms with Crippen LogP contribution in [0.4, 0.5) is 0 Å². The zero-order valence-electron chi connectivity index (χ0n) is 22.6. The van der Waals surface area contributed by atoms with Crippen LogP contribution in [0.3, 0.4) is 0 Å². The van der Waals surface area contributed by atoms with Crippen LogP contribution >= 0.6 is 0 Å². The predicted octanol–water partition coefficient (Wildman–Crippen LogP) is 4.73. The summed E-state index contributed by atoms with van der Waals surface area (Å²) in [6, 6.07) is 20.0. The molecule has 0 unspecified atom stereocenters. The average Bonchev–Trinajstić information content (AvgIpc) is 3.24. The maximum Gasteiger partial charge on any atom is 0.162 e. The monoisotopic (exact) mass is 514 g/mol. The summed E-state index contributed by atoms with van der Waals surface area (Å²) in [5.41, 5.74) is 3.10. The lowest BCUT2D eigenvalue weighted by Gasteiger charge is -2.30. The lowest BCUT2D eigenvalue weighted by atomic mass is 9.92. The Kier molecular flexibility index (Phi) is 12.2. The predicted molar refractivity (Wildman–Crippen MR) is 142 cm³/mol. The second-order valence-corrected chi connectivity index (χ2v) is 9.61. The van der Waals surface area contributed by atoms with Crippen molar-refractivity contribution in [3.05, 3.63) is 83.4 Å². The third-order valence-corrected chi connectivity index (χ3v) is 6.79. The van der Waals surface area contributed by atoms with E-state index in [0.717, 1.165) is 16.7 Å². The van der Waals surface area contributed by atoms with Gasteiger partial charge in [0.15, 0.2) is 6.29 Å². The van der Waals surface area contributed by atoms with Crippen molar-refractivity contribution < 1.29 is 33.5 Å². The lowest BCUT2D eigenvalue weighted by molar-refractivity contribution is -0.172. The molecular weight excluding hydrogens is 472 g/mol. The highest BCUT2D eigenvalue weighted by atomic mass is 16.7. The lowest BCUT2D eigenvalue weighted by Crippen LogP contribution is -2.41. The van der Waals surface area contributed by atoms with Gasteiger partial charge < -0.3 is 33.5 Å². The van der Waals surface area contributed by atoms with Gasteiger partial charge in [0.05, 0.1) is 32.0 Å². The standard InChI is InChI=1S/C30H42O7/c1-21(26(17-31)34-18-24-12-8-6-9-13-24)16-22(2)27(36-20-32-4)29-28(23(3)30(33-5)37-29)35-19-25-14-10-7-11-15-25/h6-16,21,23,26-31H,17-20H2,1-5H3/b22-16+/t21-,23+,26-,27-,28+,29-,30+/m1/s1. The van der Waals surface area contributed by atoms with Gasteiger partial charge in [-0.2, -0.15) is 0 Å². The number of benzene rings is 2. The second kappa shape index (κ2) is 15.3. The molecule has 0 spiro atoms. The third kappa shape index (κ3) is 8.45. The molecule has 0 aromatic heterocycles. The first kappa shape index (κ1) is 29.5. The zero-order chi connectivity index (χ0) is 26.6. The molecule has 0 amide bonds. The number of hydrogen-bond acceptors (Lipinski definition) is 7. The Morgan fingerprint density at radius 2 is 1.59 bits per heavy atom. The molecule has 1 saturated heterocycles. The first-order valence-electron chi connectivity index (χ1n) is 12.9. The second-order valence-electron chi connectivity index (χ2n) is 9.61. The van der Waals surface area contributed by atoms with E-state index in [1.54, 1.807) is 14.2 Å². The minimum Gasteiger partial charge on any atom is -0.394 e. The molecule has 3 rings (SSSR count). The Morgan fingerprint density at radius 3 is 2.16 bits per heavy atom. The minimum atomic E-state index is -0.431. The molecule has 1 aliphatic heterocycles. The number of rotatable bonds is 15. The van der Waals surface area contributed by atoms with Crippen molar-refractivity contribution >= 4 is 0 Å². The normalized spacial score (nSPS) is 24.6. The highest BCUT2D eigenvalue weighted by Gasteiger charge is 2.47. The highest BCUT2D eigenvalue weighted by Crippen LogP contribution is 2.35. The largest absolute Gasteiger partial charge is 0.394 e. The molecule has 7 atom stereocenters.